The Morgan fingerprint density at radius 3 is 2.78 bits per heavy atom. The van der Waals surface area contributed by atoms with Crippen LogP contribution in [0.15, 0.2) is 41.6 Å². The van der Waals surface area contributed by atoms with E-state index in [0.29, 0.717) is 25.6 Å². The first kappa shape index (κ1) is 17.9. The summed E-state index contributed by atoms with van der Waals surface area (Å²) in [6.07, 6.45) is 6.73. The van der Waals surface area contributed by atoms with Crippen molar-refractivity contribution >= 4 is 11.2 Å². The molecule has 7 heteroatoms. The number of rotatable bonds is 5. The van der Waals surface area contributed by atoms with Crippen molar-refractivity contribution in [1.82, 2.24) is 24.0 Å². The number of halogens is 1. The molecule has 0 aromatic carbocycles. The van der Waals surface area contributed by atoms with Crippen molar-refractivity contribution in [2.75, 3.05) is 13.1 Å². The van der Waals surface area contributed by atoms with Gasteiger partial charge in [-0.1, -0.05) is 0 Å². The normalized spacial score (nSPS) is 16.2. The molecule has 6 nitrogen and oxygen atoms in total. The maximum absolute atomic E-state index is 13.3. The van der Waals surface area contributed by atoms with Crippen molar-refractivity contribution < 1.29 is 4.39 Å². The Hall–Kier alpha value is -2.54. The maximum atomic E-state index is 13.3. The van der Waals surface area contributed by atoms with Crippen LogP contribution in [0.25, 0.3) is 11.2 Å². The summed E-state index contributed by atoms with van der Waals surface area (Å²) in [5.41, 5.74) is 2.61. The van der Waals surface area contributed by atoms with E-state index >= 15 is 0 Å². The Morgan fingerprint density at radius 2 is 2.04 bits per heavy atom. The summed E-state index contributed by atoms with van der Waals surface area (Å²) in [6.45, 7) is 5.93. The number of hydrogen-bond acceptors (Lipinski definition) is 4. The third-order valence-electron chi connectivity index (χ3n) is 5.41. The van der Waals surface area contributed by atoms with Gasteiger partial charge in [-0.05, 0) is 62.5 Å². The molecule has 0 spiro atoms. The standard InChI is InChI=1S/C20H24FN5O/c1-2-25-18-4-3-7-23-19(18)26(20(25)27)14-15-5-8-24(9-6-15)13-16-10-17(21)12-22-11-16/h3-4,7,10-12,15H,2,5-6,8-9,13-14H2,1H3. The molecule has 3 aromatic heterocycles. The number of piperidine rings is 1. The van der Waals surface area contributed by atoms with Gasteiger partial charge in [0, 0.05) is 32.0 Å². The van der Waals surface area contributed by atoms with Crippen molar-refractivity contribution in [1.29, 1.82) is 0 Å². The molecule has 4 heterocycles. The molecule has 4 rings (SSSR count). The number of imidazole rings is 1. The predicted molar refractivity (Wildman–Crippen MR) is 102 cm³/mol. The monoisotopic (exact) mass is 369 g/mol. The molecule has 0 amide bonds. The number of likely N-dealkylation sites (tertiary alicyclic amines) is 1. The summed E-state index contributed by atoms with van der Waals surface area (Å²) >= 11 is 0. The zero-order valence-electron chi connectivity index (χ0n) is 15.5. The number of nitrogens with zero attached hydrogens (tertiary/aromatic N) is 5. The zero-order valence-corrected chi connectivity index (χ0v) is 15.5. The fourth-order valence-electron chi connectivity index (χ4n) is 4.00. The minimum absolute atomic E-state index is 0.0273. The lowest BCUT2D eigenvalue weighted by molar-refractivity contribution is 0.166. The minimum Gasteiger partial charge on any atom is -0.299 e. The Morgan fingerprint density at radius 1 is 1.22 bits per heavy atom. The van der Waals surface area contributed by atoms with E-state index in [1.165, 1.54) is 6.20 Å². The molecule has 0 N–H and O–H groups in total. The van der Waals surface area contributed by atoms with Gasteiger partial charge in [-0.3, -0.25) is 19.0 Å². The van der Waals surface area contributed by atoms with Crippen molar-refractivity contribution in [3.05, 3.63) is 58.7 Å². The van der Waals surface area contributed by atoms with Gasteiger partial charge in [-0.25, -0.2) is 14.2 Å². The Bertz CT molecular complexity index is 987. The molecule has 1 aliphatic heterocycles. The second-order valence-corrected chi connectivity index (χ2v) is 7.21. The fraction of sp³-hybridized carbons (Fsp3) is 0.450. The molecule has 3 aromatic rings. The molecule has 142 valence electrons. The van der Waals surface area contributed by atoms with E-state index in [4.69, 9.17) is 0 Å². The molecule has 0 aliphatic carbocycles. The average molecular weight is 369 g/mol. The highest BCUT2D eigenvalue weighted by molar-refractivity contribution is 5.71. The summed E-state index contributed by atoms with van der Waals surface area (Å²) in [5, 5.41) is 0. The molecule has 0 saturated carbocycles. The van der Waals surface area contributed by atoms with E-state index in [2.05, 4.69) is 14.9 Å². The predicted octanol–water partition coefficient (Wildman–Crippen LogP) is 2.66. The van der Waals surface area contributed by atoms with Crippen LogP contribution in [0.1, 0.15) is 25.3 Å². The van der Waals surface area contributed by atoms with Gasteiger partial charge in [0.05, 0.1) is 11.7 Å². The van der Waals surface area contributed by atoms with Crippen LogP contribution in [-0.4, -0.2) is 37.1 Å². The van der Waals surface area contributed by atoms with Gasteiger partial charge in [0.2, 0.25) is 0 Å². The summed E-state index contributed by atoms with van der Waals surface area (Å²) in [5.74, 6) is 0.157. The van der Waals surface area contributed by atoms with Gasteiger partial charge >= 0.3 is 5.69 Å². The van der Waals surface area contributed by atoms with Crippen molar-refractivity contribution in [3.63, 3.8) is 0 Å². The van der Waals surface area contributed by atoms with Crippen LogP contribution in [0.3, 0.4) is 0 Å². The number of hydrogen-bond donors (Lipinski definition) is 0. The Kier molecular flexibility index (Phi) is 5.03. The number of fused-ring (bicyclic) bond motifs is 1. The molecular formula is C20H24FN5O. The minimum atomic E-state index is -0.290. The lowest BCUT2D eigenvalue weighted by Crippen LogP contribution is -2.36. The first-order chi connectivity index (χ1) is 13.2. The number of pyridine rings is 2. The van der Waals surface area contributed by atoms with Crippen LogP contribution in [0.5, 0.6) is 0 Å². The topological polar surface area (TPSA) is 56.0 Å². The van der Waals surface area contributed by atoms with Crippen LogP contribution in [0.4, 0.5) is 4.39 Å². The molecule has 1 aliphatic rings. The first-order valence-electron chi connectivity index (χ1n) is 9.51. The molecule has 0 bridgehead atoms. The fourth-order valence-corrected chi connectivity index (χ4v) is 4.00. The molecular weight excluding hydrogens is 345 g/mol. The van der Waals surface area contributed by atoms with Gasteiger partial charge in [0.15, 0.2) is 5.65 Å². The highest BCUT2D eigenvalue weighted by Crippen LogP contribution is 2.22. The highest BCUT2D eigenvalue weighted by Gasteiger charge is 2.22. The van der Waals surface area contributed by atoms with Crippen LogP contribution in [-0.2, 0) is 19.6 Å². The van der Waals surface area contributed by atoms with Crippen molar-refractivity contribution in [2.24, 2.45) is 5.92 Å². The van der Waals surface area contributed by atoms with E-state index in [9.17, 15) is 9.18 Å². The first-order valence-corrected chi connectivity index (χ1v) is 9.51. The van der Waals surface area contributed by atoms with Crippen LogP contribution >= 0.6 is 0 Å². The van der Waals surface area contributed by atoms with Crippen LogP contribution in [0, 0.1) is 11.7 Å². The number of aryl methyl sites for hydroxylation is 1. The summed E-state index contributed by atoms with van der Waals surface area (Å²) in [4.78, 5) is 23.5. The van der Waals surface area contributed by atoms with E-state index < -0.39 is 0 Å². The van der Waals surface area contributed by atoms with E-state index in [-0.39, 0.29) is 11.5 Å². The molecule has 0 unspecified atom stereocenters. The van der Waals surface area contributed by atoms with Crippen molar-refractivity contribution in [3.8, 4) is 0 Å². The zero-order chi connectivity index (χ0) is 18.8. The van der Waals surface area contributed by atoms with Gasteiger partial charge in [-0.15, -0.1) is 0 Å². The third-order valence-corrected chi connectivity index (χ3v) is 5.41. The summed E-state index contributed by atoms with van der Waals surface area (Å²) in [6, 6.07) is 5.38. The van der Waals surface area contributed by atoms with Gasteiger partial charge < -0.3 is 0 Å². The molecule has 27 heavy (non-hydrogen) atoms. The Labute approximate surface area is 157 Å². The van der Waals surface area contributed by atoms with E-state index in [1.54, 1.807) is 23.0 Å². The maximum Gasteiger partial charge on any atom is 0.330 e. The molecule has 0 radical (unpaired) electrons. The highest BCUT2D eigenvalue weighted by atomic mass is 19.1. The van der Waals surface area contributed by atoms with Gasteiger partial charge in [-0.2, -0.15) is 0 Å². The molecule has 1 saturated heterocycles. The molecule has 1 fully saturated rings. The smallest absolute Gasteiger partial charge is 0.299 e. The number of aromatic nitrogens is 4. The lowest BCUT2D eigenvalue weighted by atomic mass is 9.96. The average Bonchev–Trinajstić information content (AvgIpc) is 2.94. The largest absolute Gasteiger partial charge is 0.330 e. The molecule has 0 atom stereocenters. The quantitative estimate of drug-likeness (QED) is 0.694. The van der Waals surface area contributed by atoms with Crippen LogP contribution < -0.4 is 5.69 Å². The SMILES string of the molecule is CCn1c(=O)n(CC2CCN(Cc3cncc(F)c3)CC2)c2ncccc21. The van der Waals surface area contributed by atoms with Gasteiger partial charge in [0.1, 0.15) is 5.82 Å². The second-order valence-electron chi connectivity index (χ2n) is 7.21. The van der Waals surface area contributed by atoms with Gasteiger partial charge in [0.25, 0.3) is 0 Å². The van der Waals surface area contributed by atoms with E-state index in [1.807, 2.05) is 23.6 Å². The Balaban J connectivity index is 1.43. The lowest BCUT2D eigenvalue weighted by Gasteiger charge is -2.31. The summed E-state index contributed by atoms with van der Waals surface area (Å²) < 4.78 is 16.9. The summed E-state index contributed by atoms with van der Waals surface area (Å²) in [7, 11) is 0. The van der Waals surface area contributed by atoms with E-state index in [0.717, 1.165) is 42.7 Å². The third kappa shape index (κ3) is 3.64. The van der Waals surface area contributed by atoms with Crippen molar-refractivity contribution in [2.45, 2.75) is 39.4 Å². The second kappa shape index (κ2) is 7.60. The van der Waals surface area contributed by atoms with Crippen LogP contribution in [0.2, 0.25) is 0 Å².